The number of thioether (sulfide) groups is 1. The Balaban J connectivity index is 1.49. The first-order valence-electron chi connectivity index (χ1n) is 13.2. The van der Waals surface area contributed by atoms with Crippen LogP contribution in [0, 0.1) is 0 Å². The predicted octanol–water partition coefficient (Wildman–Crippen LogP) is 6.98. The zero-order chi connectivity index (χ0) is 31.1. The monoisotopic (exact) mass is 660 g/mol. The fraction of sp³-hybridized carbons (Fsp3) is 0.258. The van der Waals surface area contributed by atoms with Gasteiger partial charge in [-0.15, -0.1) is 0 Å². The Hall–Kier alpha value is -3.28. The Kier molecular flexibility index (Phi) is 11.3. The Morgan fingerprint density at radius 2 is 1.77 bits per heavy atom. The van der Waals surface area contributed by atoms with Crippen molar-refractivity contribution in [1.29, 1.82) is 0 Å². The molecular formula is C31H30Cl2N2O6S2. The van der Waals surface area contributed by atoms with Crippen LogP contribution in [-0.4, -0.2) is 78.6 Å². The number of thiocarbonyl (C=S) groups is 1. The number of benzene rings is 3. The van der Waals surface area contributed by atoms with E-state index in [2.05, 4.69) is 0 Å². The summed E-state index contributed by atoms with van der Waals surface area (Å²) in [6.07, 6.45) is 2.29. The normalized spacial score (nSPS) is 14.1. The van der Waals surface area contributed by atoms with Crippen LogP contribution >= 0.6 is 47.2 Å². The fourth-order valence-electron chi connectivity index (χ4n) is 4.18. The second kappa shape index (κ2) is 14.9. The van der Waals surface area contributed by atoms with Gasteiger partial charge in [-0.3, -0.25) is 9.69 Å². The Morgan fingerprint density at radius 1 is 1.02 bits per heavy atom. The summed E-state index contributed by atoms with van der Waals surface area (Å²) in [5.74, 6) is 0.115. The van der Waals surface area contributed by atoms with Crippen molar-refractivity contribution in [3.8, 4) is 28.4 Å². The molecule has 0 atom stereocenters. The summed E-state index contributed by atoms with van der Waals surface area (Å²) >= 11 is 19.4. The first-order valence-corrected chi connectivity index (χ1v) is 15.2. The molecule has 0 bridgehead atoms. The average molecular weight is 662 g/mol. The van der Waals surface area contributed by atoms with E-state index in [0.29, 0.717) is 56.1 Å². The van der Waals surface area contributed by atoms with Crippen molar-refractivity contribution in [2.24, 2.45) is 0 Å². The molecule has 1 aliphatic heterocycles. The Bertz CT molecular complexity index is 1560. The van der Waals surface area contributed by atoms with Gasteiger partial charge in [0, 0.05) is 34.3 Å². The van der Waals surface area contributed by atoms with Gasteiger partial charge >= 0.3 is 5.97 Å². The molecule has 4 rings (SSSR count). The fourth-order valence-corrected chi connectivity index (χ4v) is 6.00. The summed E-state index contributed by atoms with van der Waals surface area (Å²) in [4.78, 5) is 28.7. The highest BCUT2D eigenvalue weighted by atomic mass is 35.5. The SMILES string of the molecule is COc1cc(C(=O)O)ccc1OCCCN1C(=O)C(=Cc2cc(-c3ccc(Cl)cc3Cl)ccc2OCCN(C)C)SC1=S. The van der Waals surface area contributed by atoms with Gasteiger partial charge in [0.15, 0.2) is 11.5 Å². The molecule has 12 heteroatoms. The highest BCUT2D eigenvalue weighted by Gasteiger charge is 2.32. The van der Waals surface area contributed by atoms with Crippen molar-refractivity contribution in [3.05, 3.63) is 80.7 Å². The topological polar surface area (TPSA) is 88.5 Å². The van der Waals surface area contributed by atoms with Crippen molar-refractivity contribution in [2.75, 3.05) is 47.5 Å². The number of carbonyl (C=O) groups is 2. The van der Waals surface area contributed by atoms with E-state index < -0.39 is 5.97 Å². The Morgan fingerprint density at radius 3 is 2.47 bits per heavy atom. The lowest BCUT2D eigenvalue weighted by Crippen LogP contribution is -2.30. The number of likely N-dealkylation sites (N-methyl/N-ethyl adjacent to an activating group) is 1. The molecule has 1 aliphatic rings. The maximum atomic E-state index is 13.4. The van der Waals surface area contributed by atoms with Gasteiger partial charge in [0.25, 0.3) is 5.91 Å². The zero-order valence-corrected chi connectivity index (χ0v) is 26.9. The summed E-state index contributed by atoms with van der Waals surface area (Å²) in [6, 6.07) is 15.4. The van der Waals surface area contributed by atoms with Crippen molar-refractivity contribution in [3.63, 3.8) is 0 Å². The number of halogens is 2. The molecule has 1 fully saturated rings. The summed E-state index contributed by atoms with van der Waals surface area (Å²) in [6.45, 7) is 1.82. The van der Waals surface area contributed by atoms with Crippen LogP contribution in [0.2, 0.25) is 10.0 Å². The van der Waals surface area contributed by atoms with Crippen LogP contribution in [-0.2, 0) is 4.79 Å². The molecule has 3 aromatic carbocycles. The van der Waals surface area contributed by atoms with Crippen molar-refractivity contribution >= 4 is 69.5 Å². The number of carboxylic acid groups (broad SMARTS) is 1. The van der Waals surface area contributed by atoms with Gasteiger partial charge in [-0.1, -0.05) is 59.3 Å². The number of aromatic carboxylic acids is 1. The minimum absolute atomic E-state index is 0.0987. The molecule has 1 saturated heterocycles. The quantitative estimate of drug-likeness (QED) is 0.118. The third-order valence-corrected chi connectivity index (χ3v) is 8.33. The standard InChI is InChI=1S/C31H30Cl2N2O6S2/c1-34(2)12-14-41-25-9-5-19(23-8-7-22(32)18-24(23)33)15-21(25)17-28-29(36)35(31(42)43-28)11-4-13-40-26-10-6-20(30(37)38)16-27(26)39-3/h5-10,15-18H,4,11-14H2,1-3H3,(H,37,38). The number of methoxy groups -OCH3 is 1. The maximum absolute atomic E-state index is 13.4. The average Bonchev–Trinajstić information content (AvgIpc) is 3.23. The van der Waals surface area contributed by atoms with Crippen LogP contribution in [0.25, 0.3) is 17.2 Å². The molecule has 1 heterocycles. The molecule has 0 radical (unpaired) electrons. The molecule has 1 amide bonds. The lowest BCUT2D eigenvalue weighted by atomic mass is 10.0. The first-order chi connectivity index (χ1) is 20.6. The minimum Gasteiger partial charge on any atom is -0.493 e. The molecule has 0 saturated carbocycles. The van der Waals surface area contributed by atoms with Crippen LogP contribution < -0.4 is 14.2 Å². The molecule has 8 nitrogen and oxygen atoms in total. The molecule has 0 aromatic heterocycles. The lowest BCUT2D eigenvalue weighted by molar-refractivity contribution is -0.122. The van der Waals surface area contributed by atoms with Gasteiger partial charge in [0.2, 0.25) is 0 Å². The third kappa shape index (κ3) is 8.43. The first kappa shape index (κ1) is 32.6. The number of rotatable bonds is 13. The van der Waals surface area contributed by atoms with Gasteiger partial charge in [-0.05, 0) is 74.6 Å². The van der Waals surface area contributed by atoms with Gasteiger partial charge in [-0.2, -0.15) is 0 Å². The number of hydrogen-bond donors (Lipinski definition) is 1. The maximum Gasteiger partial charge on any atom is 0.335 e. The minimum atomic E-state index is -1.06. The van der Waals surface area contributed by atoms with Gasteiger partial charge < -0.3 is 24.2 Å². The third-order valence-electron chi connectivity index (χ3n) is 6.40. The molecule has 1 N–H and O–H groups in total. The molecule has 226 valence electrons. The van der Waals surface area contributed by atoms with E-state index in [4.69, 9.17) is 49.6 Å². The molecule has 0 unspecified atom stereocenters. The number of amides is 1. The lowest BCUT2D eigenvalue weighted by Gasteiger charge is -2.16. The Labute approximate surface area is 270 Å². The van der Waals surface area contributed by atoms with E-state index in [9.17, 15) is 14.7 Å². The molecule has 0 aliphatic carbocycles. The molecule has 0 spiro atoms. The van der Waals surface area contributed by atoms with Crippen LogP contribution in [0.3, 0.4) is 0 Å². The van der Waals surface area contributed by atoms with Crippen molar-refractivity contribution in [2.45, 2.75) is 6.42 Å². The van der Waals surface area contributed by atoms with E-state index in [1.54, 1.807) is 29.2 Å². The second-order valence-corrected chi connectivity index (χ2v) is 12.3. The molecular weight excluding hydrogens is 631 g/mol. The van der Waals surface area contributed by atoms with Crippen LogP contribution in [0.5, 0.6) is 17.2 Å². The summed E-state index contributed by atoms with van der Waals surface area (Å²) in [5, 5.41) is 10.2. The zero-order valence-electron chi connectivity index (χ0n) is 23.8. The van der Waals surface area contributed by atoms with Crippen LogP contribution in [0.15, 0.2) is 59.5 Å². The van der Waals surface area contributed by atoms with Crippen molar-refractivity contribution in [1.82, 2.24) is 9.80 Å². The molecule has 43 heavy (non-hydrogen) atoms. The van der Waals surface area contributed by atoms with E-state index >= 15 is 0 Å². The smallest absolute Gasteiger partial charge is 0.335 e. The van der Waals surface area contributed by atoms with E-state index in [1.165, 1.54) is 31.0 Å². The van der Waals surface area contributed by atoms with Crippen molar-refractivity contribution < 1.29 is 28.9 Å². The molecule has 3 aromatic rings. The van der Waals surface area contributed by atoms with Crippen LogP contribution in [0.4, 0.5) is 0 Å². The summed E-state index contributed by atoms with van der Waals surface area (Å²) < 4.78 is 17.6. The highest BCUT2D eigenvalue weighted by Crippen LogP contribution is 2.38. The number of carboxylic acids is 1. The largest absolute Gasteiger partial charge is 0.493 e. The van der Waals surface area contributed by atoms with Gasteiger partial charge in [0.05, 0.1) is 24.2 Å². The van der Waals surface area contributed by atoms with Gasteiger partial charge in [-0.25, -0.2) is 4.79 Å². The van der Waals surface area contributed by atoms with E-state index in [0.717, 1.165) is 23.2 Å². The van der Waals surface area contributed by atoms with Crippen LogP contribution in [0.1, 0.15) is 22.3 Å². The van der Waals surface area contributed by atoms with Gasteiger partial charge in [0.1, 0.15) is 16.7 Å². The highest BCUT2D eigenvalue weighted by molar-refractivity contribution is 8.26. The summed E-state index contributed by atoms with van der Waals surface area (Å²) in [7, 11) is 5.38. The van der Waals surface area contributed by atoms with E-state index in [1.807, 2.05) is 43.3 Å². The number of carbonyl (C=O) groups excluding carboxylic acids is 1. The number of ether oxygens (including phenoxy) is 3. The summed E-state index contributed by atoms with van der Waals surface area (Å²) in [5.41, 5.74) is 2.49. The second-order valence-electron chi connectivity index (χ2n) is 9.73. The van der Waals surface area contributed by atoms with E-state index in [-0.39, 0.29) is 18.1 Å². The predicted molar refractivity (Wildman–Crippen MR) is 176 cm³/mol. The number of nitrogens with zero attached hydrogens (tertiary/aromatic N) is 2. The number of hydrogen-bond acceptors (Lipinski definition) is 8.